The molecule has 0 radical (unpaired) electrons. The van der Waals surface area contributed by atoms with Crippen molar-refractivity contribution < 1.29 is 13.9 Å². The smallest absolute Gasteiger partial charge is 0.277 e. The lowest BCUT2D eigenvalue weighted by atomic mass is 9.98. The molecule has 0 unspecified atom stereocenters. The van der Waals surface area contributed by atoms with Gasteiger partial charge in [-0.05, 0) is 77.4 Å². The molecule has 0 bridgehead atoms. The number of nitrogens with one attached hydrogen (secondary N) is 1. The first-order valence-corrected chi connectivity index (χ1v) is 11.9. The number of hydrazone groups is 1. The number of hydrogen-bond donors (Lipinski definition) is 1. The Morgan fingerprint density at radius 3 is 2.51 bits per heavy atom. The van der Waals surface area contributed by atoms with Crippen LogP contribution in [0.1, 0.15) is 5.56 Å². The van der Waals surface area contributed by atoms with Crippen LogP contribution >= 0.6 is 11.6 Å². The first-order chi connectivity index (χ1) is 18.0. The van der Waals surface area contributed by atoms with Crippen molar-refractivity contribution in [1.82, 2.24) is 10.4 Å². The Balaban J connectivity index is 1.29. The molecule has 1 amide bonds. The van der Waals surface area contributed by atoms with Gasteiger partial charge in [0.2, 0.25) is 0 Å². The highest BCUT2D eigenvalue weighted by molar-refractivity contribution is 6.31. The van der Waals surface area contributed by atoms with Crippen LogP contribution in [0, 0.1) is 5.82 Å². The lowest BCUT2D eigenvalue weighted by Crippen LogP contribution is -2.24. The average molecular weight is 510 g/mol. The van der Waals surface area contributed by atoms with E-state index >= 15 is 0 Å². The molecule has 7 heteroatoms. The normalized spacial score (nSPS) is 11.1. The van der Waals surface area contributed by atoms with Crippen LogP contribution in [0.5, 0.6) is 5.75 Å². The number of carbonyl (C=O) groups is 1. The summed E-state index contributed by atoms with van der Waals surface area (Å²) in [5.74, 6) is -0.274. The van der Waals surface area contributed by atoms with Gasteiger partial charge >= 0.3 is 0 Å². The quantitative estimate of drug-likeness (QED) is 0.192. The van der Waals surface area contributed by atoms with Crippen LogP contribution in [0.25, 0.3) is 33.3 Å². The molecule has 5 rings (SSSR count). The summed E-state index contributed by atoms with van der Waals surface area (Å²) in [4.78, 5) is 16.9. The summed E-state index contributed by atoms with van der Waals surface area (Å²) in [6.45, 7) is -0.215. The Morgan fingerprint density at radius 1 is 0.919 bits per heavy atom. The van der Waals surface area contributed by atoms with Gasteiger partial charge in [0.05, 0.1) is 17.4 Å². The lowest BCUT2D eigenvalue weighted by molar-refractivity contribution is -0.123. The number of carbonyl (C=O) groups excluding carboxylic acids is 1. The third-order valence-electron chi connectivity index (χ3n) is 5.63. The van der Waals surface area contributed by atoms with E-state index in [9.17, 15) is 9.18 Å². The lowest BCUT2D eigenvalue weighted by Gasteiger charge is -2.11. The minimum Gasteiger partial charge on any atom is -0.484 e. The highest BCUT2D eigenvalue weighted by atomic mass is 35.5. The summed E-state index contributed by atoms with van der Waals surface area (Å²) in [7, 11) is 0. The molecule has 0 aliphatic heterocycles. The third-order valence-corrected chi connectivity index (χ3v) is 5.86. The number of benzene rings is 4. The highest BCUT2D eigenvalue weighted by Crippen LogP contribution is 2.33. The number of nitrogens with zero attached hydrogens (tertiary/aromatic N) is 2. The van der Waals surface area contributed by atoms with Gasteiger partial charge in [0.1, 0.15) is 11.6 Å². The van der Waals surface area contributed by atoms with Gasteiger partial charge in [-0.2, -0.15) is 5.10 Å². The van der Waals surface area contributed by atoms with Gasteiger partial charge in [-0.25, -0.2) is 14.8 Å². The molecule has 5 aromatic rings. The molecular weight excluding hydrogens is 489 g/mol. The van der Waals surface area contributed by atoms with Crippen LogP contribution in [0.15, 0.2) is 108 Å². The number of aromatic nitrogens is 1. The number of halogens is 2. The summed E-state index contributed by atoms with van der Waals surface area (Å²) >= 11 is 6.27. The molecule has 37 heavy (non-hydrogen) atoms. The molecule has 0 aliphatic carbocycles. The zero-order valence-corrected chi connectivity index (χ0v) is 20.3. The number of ether oxygens (including phenoxy) is 1. The van der Waals surface area contributed by atoms with Gasteiger partial charge < -0.3 is 4.74 Å². The molecule has 0 fully saturated rings. The Labute approximate surface area is 218 Å². The number of amides is 1. The van der Waals surface area contributed by atoms with E-state index in [-0.39, 0.29) is 12.4 Å². The minimum absolute atomic E-state index is 0.215. The second-order valence-corrected chi connectivity index (χ2v) is 8.68. The van der Waals surface area contributed by atoms with Crippen LogP contribution in [0.4, 0.5) is 4.39 Å². The Hall–Kier alpha value is -4.55. The number of fused-ring (bicyclic) bond motifs is 1. The van der Waals surface area contributed by atoms with Crippen molar-refractivity contribution in [3.05, 3.63) is 120 Å². The molecule has 0 atom stereocenters. The maximum atomic E-state index is 13.2. The van der Waals surface area contributed by atoms with E-state index in [1.165, 1.54) is 18.3 Å². The molecule has 5 nitrogen and oxygen atoms in total. The topological polar surface area (TPSA) is 63.6 Å². The summed E-state index contributed by atoms with van der Waals surface area (Å²) < 4.78 is 18.8. The van der Waals surface area contributed by atoms with Gasteiger partial charge in [-0.3, -0.25) is 4.79 Å². The van der Waals surface area contributed by atoms with Crippen molar-refractivity contribution in [2.75, 3.05) is 6.61 Å². The van der Waals surface area contributed by atoms with Gasteiger partial charge in [-0.15, -0.1) is 0 Å². The van der Waals surface area contributed by atoms with Gasteiger partial charge in [-0.1, -0.05) is 54.1 Å². The van der Waals surface area contributed by atoms with E-state index in [1.54, 1.807) is 24.3 Å². The van der Waals surface area contributed by atoms with E-state index in [0.717, 1.165) is 33.3 Å². The molecule has 1 heterocycles. The third kappa shape index (κ3) is 6.00. The molecule has 0 aliphatic rings. The van der Waals surface area contributed by atoms with Crippen molar-refractivity contribution in [3.8, 4) is 28.1 Å². The van der Waals surface area contributed by atoms with Crippen molar-refractivity contribution in [2.24, 2.45) is 5.10 Å². The van der Waals surface area contributed by atoms with Gasteiger partial charge in [0.25, 0.3) is 5.91 Å². The maximum Gasteiger partial charge on any atom is 0.277 e. The maximum absolute atomic E-state index is 13.2. The number of pyridine rings is 1. The van der Waals surface area contributed by atoms with Crippen molar-refractivity contribution in [3.63, 3.8) is 0 Å². The number of rotatable bonds is 7. The SMILES string of the molecule is O=C(COc1ccc(-c2cc(-c3ccccc3)c3cc(Cl)ccc3n2)cc1)N/N=C/c1cccc(F)c1. The second kappa shape index (κ2) is 11.0. The molecule has 0 saturated heterocycles. The van der Waals surface area contributed by atoms with E-state index in [0.29, 0.717) is 16.3 Å². The first-order valence-electron chi connectivity index (χ1n) is 11.5. The predicted octanol–water partition coefficient (Wildman–Crippen LogP) is 6.89. The summed E-state index contributed by atoms with van der Waals surface area (Å²) in [5, 5.41) is 5.46. The van der Waals surface area contributed by atoms with Crippen LogP contribution in [-0.2, 0) is 4.79 Å². The molecule has 182 valence electrons. The van der Waals surface area contributed by atoms with Gasteiger partial charge in [0, 0.05) is 16.0 Å². The fraction of sp³-hybridized carbons (Fsp3) is 0.0333. The van der Waals surface area contributed by atoms with Crippen molar-refractivity contribution >= 4 is 34.6 Å². The first kappa shape index (κ1) is 24.2. The van der Waals surface area contributed by atoms with E-state index in [4.69, 9.17) is 21.3 Å². The Bertz CT molecular complexity index is 1590. The zero-order chi connectivity index (χ0) is 25.6. The van der Waals surface area contributed by atoms with Crippen LogP contribution in [-0.4, -0.2) is 23.7 Å². The average Bonchev–Trinajstić information content (AvgIpc) is 2.92. The van der Waals surface area contributed by atoms with Gasteiger partial charge in [0.15, 0.2) is 6.61 Å². The second-order valence-electron chi connectivity index (χ2n) is 8.24. The molecule has 0 spiro atoms. The van der Waals surface area contributed by atoms with E-state index in [1.807, 2.05) is 54.6 Å². The molecule has 0 saturated carbocycles. The number of hydrogen-bond acceptors (Lipinski definition) is 4. The minimum atomic E-state index is -0.431. The summed E-state index contributed by atoms with van der Waals surface area (Å²) in [5.41, 5.74) is 7.58. The fourth-order valence-corrected chi connectivity index (χ4v) is 4.04. The fourth-order valence-electron chi connectivity index (χ4n) is 3.87. The summed E-state index contributed by atoms with van der Waals surface area (Å²) in [6, 6.07) is 31.1. The zero-order valence-electron chi connectivity index (χ0n) is 19.6. The highest BCUT2D eigenvalue weighted by Gasteiger charge is 2.11. The largest absolute Gasteiger partial charge is 0.484 e. The Morgan fingerprint density at radius 2 is 1.73 bits per heavy atom. The van der Waals surface area contributed by atoms with E-state index in [2.05, 4.69) is 22.7 Å². The summed E-state index contributed by atoms with van der Waals surface area (Å²) in [6.07, 6.45) is 1.37. The van der Waals surface area contributed by atoms with Crippen LogP contribution in [0.2, 0.25) is 5.02 Å². The van der Waals surface area contributed by atoms with Crippen LogP contribution < -0.4 is 10.2 Å². The van der Waals surface area contributed by atoms with Crippen molar-refractivity contribution in [1.29, 1.82) is 0 Å². The molecule has 1 aromatic heterocycles. The monoisotopic (exact) mass is 509 g/mol. The molecule has 1 N–H and O–H groups in total. The Kier molecular flexibility index (Phi) is 7.19. The van der Waals surface area contributed by atoms with E-state index < -0.39 is 5.91 Å². The van der Waals surface area contributed by atoms with Crippen molar-refractivity contribution in [2.45, 2.75) is 0 Å². The molecular formula is C30H21ClFN3O2. The molecule has 4 aromatic carbocycles. The van der Waals surface area contributed by atoms with Crippen LogP contribution in [0.3, 0.4) is 0 Å². The standard InChI is InChI=1S/C30H21ClFN3O2/c31-23-11-14-28-27(16-23)26(21-6-2-1-3-7-21)17-29(34-28)22-9-12-25(13-10-22)37-19-30(36)35-33-18-20-5-4-8-24(32)15-20/h1-18H,19H2,(H,35,36)/b33-18+. The predicted molar refractivity (Wildman–Crippen MR) is 145 cm³/mol.